The zero-order valence-corrected chi connectivity index (χ0v) is 14.7. The largest absolute Gasteiger partial charge is 0.339 e. The fraction of sp³-hybridized carbons (Fsp3) is 0.556. The van der Waals surface area contributed by atoms with Gasteiger partial charge in [0.25, 0.3) is 0 Å². The molecule has 0 aromatic heterocycles. The second kappa shape index (κ2) is 8.24. The molecule has 2 amide bonds. The maximum Gasteiger partial charge on any atom is 0.245 e. The van der Waals surface area contributed by atoms with E-state index in [0.29, 0.717) is 13.1 Å². The van der Waals surface area contributed by atoms with Crippen molar-refractivity contribution in [3.8, 4) is 0 Å². The predicted molar refractivity (Wildman–Crippen MR) is 90.9 cm³/mol. The van der Waals surface area contributed by atoms with Crippen molar-refractivity contribution >= 4 is 11.8 Å². The molecule has 1 atom stereocenters. The molecule has 0 N–H and O–H groups in total. The summed E-state index contributed by atoms with van der Waals surface area (Å²) in [6.45, 7) is 4.09. The maximum atomic E-state index is 13.1. The number of hydrogen-bond donors (Lipinski definition) is 0. The summed E-state index contributed by atoms with van der Waals surface area (Å²) in [5.41, 5.74) is 0.729. The van der Waals surface area contributed by atoms with E-state index in [1.165, 1.54) is 12.1 Å². The lowest BCUT2D eigenvalue weighted by molar-refractivity contribution is -0.148. The van der Waals surface area contributed by atoms with Gasteiger partial charge in [-0.25, -0.2) is 4.39 Å². The number of rotatable bonds is 6. The van der Waals surface area contributed by atoms with Gasteiger partial charge < -0.3 is 9.80 Å². The van der Waals surface area contributed by atoms with Gasteiger partial charge in [-0.1, -0.05) is 25.5 Å². The van der Waals surface area contributed by atoms with Gasteiger partial charge in [0.2, 0.25) is 11.8 Å². The molecular formula is C18H26FN3O2. The highest BCUT2D eigenvalue weighted by Crippen LogP contribution is 2.22. The highest BCUT2D eigenvalue weighted by molar-refractivity contribution is 5.89. The molecule has 1 unspecified atom stereocenters. The number of carbonyl (C=O) groups is 2. The number of carbonyl (C=O) groups excluding carboxylic acids is 2. The Morgan fingerprint density at radius 3 is 2.46 bits per heavy atom. The second-order valence-electron chi connectivity index (χ2n) is 6.41. The minimum Gasteiger partial charge on any atom is -0.339 e. The summed E-state index contributed by atoms with van der Waals surface area (Å²) in [4.78, 5) is 30.4. The topological polar surface area (TPSA) is 43.9 Å². The smallest absolute Gasteiger partial charge is 0.245 e. The first-order chi connectivity index (χ1) is 11.4. The SMILES string of the molecule is CCCCN1CCN(C(=O)C(c2ccc(F)cc2)N(C)C)CC1=O. The maximum absolute atomic E-state index is 13.1. The van der Waals surface area contributed by atoms with Crippen molar-refractivity contribution in [1.82, 2.24) is 14.7 Å². The second-order valence-corrected chi connectivity index (χ2v) is 6.41. The molecular weight excluding hydrogens is 309 g/mol. The molecule has 0 saturated carbocycles. The number of amides is 2. The molecule has 1 saturated heterocycles. The van der Waals surface area contributed by atoms with E-state index >= 15 is 0 Å². The van der Waals surface area contributed by atoms with Crippen molar-refractivity contribution in [2.45, 2.75) is 25.8 Å². The molecule has 0 aliphatic carbocycles. The Kier molecular flexibility index (Phi) is 6.31. The van der Waals surface area contributed by atoms with Crippen LogP contribution in [0.3, 0.4) is 0 Å². The van der Waals surface area contributed by atoms with Crippen LogP contribution in [0.15, 0.2) is 24.3 Å². The molecule has 1 aliphatic heterocycles. The quantitative estimate of drug-likeness (QED) is 0.797. The normalized spacial score (nSPS) is 16.6. The molecule has 0 radical (unpaired) electrons. The molecule has 24 heavy (non-hydrogen) atoms. The highest BCUT2D eigenvalue weighted by atomic mass is 19.1. The molecule has 6 heteroatoms. The highest BCUT2D eigenvalue weighted by Gasteiger charge is 2.32. The van der Waals surface area contributed by atoms with Crippen molar-refractivity contribution < 1.29 is 14.0 Å². The van der Waals surface area contributed by atoms with Crippen LogP contribution in [0.1, 0.15) is 31.4 Å². The van der Waals surface area contributed by atoms with Crippen LogP contribution in [-0.4, -0.2) is 66.8 Å². The molecule has 2 rings (SSSR count). The number of likely N-dealkylation sites (N-methyl/N-ethyl adjacent to an activating group) is 1. The van der Waals surface area contributed by atoms with Crippen LogP contribution >= 0.6 is 0 Å². The fourth-order valence-electron chi connectivity index (χ4n) is 2.96. The molecule has 0 spiro atoms. The number of piperazine rings is 1. The summed E-state index contributed by atoms with van der Waals surface area (Å²) >= 11 is 0. The first-order valence-electron chi connectivity index (χ1n) is 8.42. The third-order valence-electron chi connectivity index (χ3n) is 4.35. The van der Waals surface area contributed by atoms with Gasteiger partial charge in [0.1, 0.15) is 11.9 Å². The summed E-state index contributed by atoms with van der Waals surface area (Å²) in [7, 11) is 3.62. The number of nitrogens with zero attached hydrogens (tertiary/aromatic N) is 3. The van der Waals surface area contributed by atoms with E-state index in [0.717, 1.165) is 24.9 Å². The van der Waals surface area contributed by atoms with E-state index in [1.807, 2.05) is 19.0 Å². The van der Waals surface area contributed by atoms with Crippen molar-refractivity contribution in [3.63, 3.8) is 0 Å². The summed E-state index contributed by atoms with van der Waals surface area (Å²) in [5.74, 6) is -0.446. The van der Waals surface area contributed by atoms with Gasteiger partial charge >= 0.3 is 0 Å². The Morgan fingerprint density at radius 2 is 1.92 bits per heavy atom. The van der Waals surface area contributed by atoms with Crippen LogP contribution in [0, 0.1) is 5.82 Å². The minimum atomic E-state index is -0.513. The van der Waals surface area contributed by atoms with Crippen molar-refractivity contribution in [3.05, 3.63) is 35.6 Å². The summed E-state index contributed by atoms with van der Waals surface area (Å²) < 4.78 is 13.1. The molecule has 1 fully saturated rings. The van der Waals surface area contributed by atoms with E-state index in [4.69, 9.17) is 0 Å². The molecule has 132 valence electrons. The lowest BCUT2D eigenvalue weighted by Gasteiger charge is -2.37. The molecule has 1 heterocycles. The minimum absolute atomic E-state index is 0.000313. The molecule has 1 aromatic rings. The summed E-state index contributed by atoms with van der Waals surface area (Å²) in [6.07, 6.45) is 2.02. The van der Waals surface area contributed by atoms with E-state index in [-0.39, 0.29) is 24.2 Å². The molecule has 0 bridgehead atoms. The van der Waals surface area contributed by atoms with Crippen LogP contribution < -0.4 is 0 Å². The van der Waals surface area contributed by atoms with Crippen molar-refractivity contribution in [1.29, 1.82) is 0 Å². The van der Waals surface area contributed by atoms with Crippen LogP contribution in [-0.2, 0) is 9.59 Å². The predicted octanol–water partition coefficient (Wildman–Crippen LogP) is 1.90. The fourth-order valence-corrected chi connectivity index (χ4v) is 2.96. The molecule has 1 aliphatic rings. The zero-order valence-electron chi connectivity index (χ0n) is 14.7. The van der Waals surface area contributed by atoms with Gasteiger partial charge in [-0.05, 0) is 38.2 Å². The average molecular weight is 335 g/mol. The van der Waals surface area contributed by atoms with E-state index in [9.17, 15) is 14.0 Å². The first-order valence-corrected chi connectivity index (χ1v) is 8.42. The van der Waals surface area contributed by atoms with Crippen molar-refractivity contribution in [2.75, 3.05) is 40.3 Å². The summed E-state index contributed by atoms with van der Waals surface area (Å²) in [5, 5.41) is 0. The van der Waals surface area contributed by atoms with Gasteiger partial charge in [0, 0.05) is 19.6 Å². The lowest BCUT2D eigenvalue weighted by atomic mass is 10.0. The average Bonchev–Trinajstić information content (AvgIpc) is 2.55. The van der Waals surface area contributed by atoms with Crippen LogP contribution in [0.5, 0.6) is 0 Å². The number of hydrogen-bond acceptors (Lipinski definition) is 3. The Balaban J connectivity index is 2.08. The monoisotopic (exact) mass is 335 g/mol. The van der Waals surface area contributed by atoms with E-state index in [2.05, 4.69) is 6.92 Å². The first kappa shape index (κ1) is 18.4. The van der Waals surface area contributed by atoms with Gasteiger partial charge in [-0.15, -0.1) is 0 Å². The number of benzene rings is 1. The van der Waals surface area contributed by atoms with E-state index < -0.39 is 6.04 Å². The number of unbranched alkanes of at least 4 members (excludes halogenated alkanes) is 1. The Hall–Kier alpha value is -1.95. The molecule has 5 nitrogen and oxygen atoms in total. The lowest BCUT2D eigenvalue weighted by Crippen LogP contribution is -2.54. The molecule has 1 aromatic carbocycles. The Morgan fingerprint density at radius 1 is 1.25 bits per heavy atom. The van der Waals surface area contributed by atoms with Gasteiger partial charge in [0.05, 0.1) is 6.54 Å². The van der Waals surface area contributed by atoms with Crippen LogP contribution in [0.2, 0.25) is 0 Å². The standard InChI is InChI=1S/C18H26FN3O2/c1-4-5-10-21-11-12-22(13-16(21)23)18(24)17(20(2)3)14-6-8-15(19)9-7-14/h6-9,17H,4-5,10-13H2,1-3H3. The van der Waals surface area contributed by atoms with Gasteiger partial charge in [-0.2, -0.15) is 0 Å². The van der Waals surface area contributed by atoms with Crippen LogP contribution in [0.4, 0.5) is 4.39 Å². The van der Waals surface area contributed by atoms with Gasteiger partial charge in [-0.3, -0.25) is 14.5 Å². The van der Waals surface area contributed by atoms with Gasteiger partial charge in [0.15, 0.2) is 0 Å². The Labute approximate surface area is 143 Å². The Bertz CT molecular complexity index is 574. The van der Waals surface area contributed by atoms with Crippen molar-refractivity contribution in [2.24, 2.45) is 0 Å². The third kappa shape index (κ3) is 4.32. The summed E-state index contributed by atoms with van der Waals surface area (Å²) in [6, 6.07) is 5.44. The third-order valence-corrected chi connectivity index (χ3v) is 4.35. The number of halogens is 1. The van der Waals surface area contributed by atoms with E-state index in [1.54, 1.807) is 21.9 Å². The zero-order chi connectivity index (χ0) is 17.7. The van der Waals surface area contributed by atoms with Crippen LogP contribution in [0.25, 0.3) is 0 Å².